The number of aromatic nitrogens is 1. The van der Waals surface area contributed by atoms with Crippen molar-refractivity contribution in [3.63, 3.8) is 0 Å². The SMILES string of the molecule is Nc1cccnc1C#CCCNC(=O)OCc1ccccc1. The summed E-state index contributed by atoms with van der Waals surface area (Å²) in [4.78, 5) is 15.6. The number of nitrogen functional groups attached to an aromatic ring is 1. The maximum Gasteiger partial charge on any atom is 0.407 e. The van der Waals surface area contributed by atoms with E-state index in [1.165, 1.54) is 0 Å². The van der Waals surface area contributed by atoms with Crippen LogP contribution < -0.4 is 11.1 Å². The number of hydrogen-bond donors (Lipinski definition) is 2. The van der Waals surface area contributed by atoms with Gasteiger partial charge in [-0.2, -0.15) is 0 Å². The summed E-state index contributed by atoms with van der Waals surface area (Å²) in [6.45, 7) is 0.663. The third kappa shape index (κ3) is 5.17. The van der Waals surface area contributed by atoms with Gasteiger partial charge >= 0.3 is 6.09 Å². The van der Waals surface area contributed by atoms with E-state index in [9.17, 15) is 4.79 Å². The summed E-state index contributed by atoms with van der Waals surface area (Å²) in [5.41, 5.74) is 7.77. The number of carbonyl (C=O) groups excluding carboxylic acids is 1. The second-order valence-electron chi connectivity index (χ2n) is 4.48. The summed E-state index contributed by atoms with van der Waals surface area (Å²) in [5.74, 6) is 5.78. The number of pyridine rings is 1. The lowest BCUT2D eigenvalue weighted by atomic mass is 10.2. The predicted molar refractivity (Wildman–Crippen MR) is 84.8 cm³/mol. The molecule has 5 nitrogen and oxygen atoms in total. The van der Waals surface area contributed by atoms with Gasteiger partial charge in [0.25, 0.3) is 0 Å². The third-order valence-electron chi connectivity index (χ3n) is 2.78. The molecular formula is C17H17N3O2. The topological polar surface area (TPSA) is 77.2 Å². The van der Waals surface area contributed by atoms with Crippen LogP contribution >= 0.6 is 0 Å². The van der Waals surface area contributed by atoms with Gasteiger partial charge in [0.1, 0.15) is 12.3 Å². The van der Waals surface area contributed by atoms with Gasteiger partial charge in [-0.25, -0.2) is 9.78 Å². The fourth-order valence-corrected chi connectivity index (χ4v) is 1.67. The fraction of sp³-hybridized carbons (Fsp3) is 0.176. The van der Waals surface area contributed by atoms with E-state index in [1.807, 2.05) is 30.3 Å². The first kappa shape index (κ1) is 15.4. The average Bonchev–Trinajstić information content (AvgIpc) is 2.55. The second kappa shape index (κ2) is 8.32. The molecule has 1 heterocycles. The smallest absolute Gasteiger partial charge is 0.407 e. The van der Waals surface area contributed by atoms with Crippen LogP contribution in [-0.2, 0) is 11.3 Å². The zero-order valence-electron chi connectivity index (χ0n) is 12.1. The van der Waals surface area contributed by atoms with E-state index in [2.05, 4.69) is 22.1 Å². The minimum absolute atomic E-state index is 0.253. The highest BCUT2D eigenvalue weighted by atomic mass is 16.5. The Kier molecular flexibility index (Phi) is 5.82. The number of rotatable bonds is 4. The van der Waals surface area contributed by atoms with Gasteiger partial charge in [0.05, 0.1) is 5.69 Å². The zero-order valence-corrected chi connectivity index (χ0v) is 12.1. The van der Waals surface area contributed by atoms with Crippen LogP contribution in [0.1, 0.15) is 17.7 Å². The number of nitrogens with zero attached hydrogens (tertiary/aromatic N) is 1. The van der Waals surface area contributed by atoms with E-state index in [-0.39, 0.29) is 6.61 Å². The number of nitrogens with two attached hydrogens (primary N) is 1. The van der Waals surface area contributed by atoms with Crippen molar-refractivity contribution in [1.29, 1.82) is 0 Å². The highest BCUT2D eigenvalue weighted by Crippen LogP contribution is 2.04. The van der Waals surface area contributed by atoms with E-state index in [4.69, 9.17) is 10.5 Å². The molecule has 2 rings (SSSR count). The van der Waals surface area contributed by atoms with Crippen molar-refractivity contribution >= 4 is 11.8 Å². The van der Waals surface area contributed by atoms with Crippen LogP contribution in [0, 0.1) is 11.8 Å². The monoisotopic (exact) mass is 295 g/mol. The number of nitrogens with one attached hydrogen (secondary N) is 1. The molecule has 0 radical (unpaired) electrons. The Balaban J connectivity index is 1.67. The van der Waals surface area contributed by atoms with Gasteiger partial charge in [0, 0.05) is 19.2 Å². The molecule has 1 amide bonds. The maximum atomic E-state index is 11.5. The Morgan fingerprint density at radius 2 is 2.05 bits per heavy atom. The van der Waals surface area contributed by atoms with Crippen LogP contribution in [0.2, 0.25) is 0 Å². The molecule has 1 aromatic carbocycles. The van der Waals surface area contributed by atoms with E-state index in [0.29, 0.717) is 24.3 Å². The lowest BCUT2D eigenvalue weighted by Crippen LogP contribution is -2.24. The van der Waals surface area contributed by atoms with Gasteiger partial charge < -0.3 is 15.8 Å². The molecule has 0 spiro atoms. The molecule has 1 aromatic heterocycles. The number of amides is 1. The summed E-state index contributed by atoms with van der Waals surface area (Å²) in [5, 5.41) is 2.64. The van der Waals surface area contributed by atoms with Crippen LogP contribution in [0.4, 0.5) is 10.5 Å². The van der Waals surface area contributed by atoms with Gasteiger partial charge in [-0.3, -0.25) is 0 Å². The first-order chi connectivity index (χ1) is 10.8. The van der Waals surface area contributed by atoms with E-state index < -0.39 is 6.09 Å². The summed E-state index contributed by atoms with van der Waals surface area (Å²) < 4.78 is 5.08. The molecule has 0 saturated carbocycles. The molecule has 0 saturated heterocycles. The molecular weight excluding hydrogens is 278 g/mol. The first-order valence-electron chi connectivity index (χ1n) is 6.89. The highest BCUT2D eigenvalue weighted by Gasteiger charge is 2.00. The number of benzene rings is 1. The number of alkyl carbamates (subject to hydrolysis) is 1. The van der Waals surface area contributed by atoms with Crippen molar-refractivity contribution in [1.82, 2.24) is 10.3 Å². The molecule has 112 valence electrons. The summed E-state index contributed by atoms with van der Waals surface area (Å²) in [6, 6.07) is 13.0. The molecule has 0 bridgehead atoms. The lowest BCUT2D eigenvalue weighted by Gasteiger charge is -2.05. The minimum atomic E-state index is -0.456. The van der Waals surface area contributed by atoms with Crippen LogP contribution in [0.3, 0.4) is 0 Å². The molecule has 2 aromatic rings. The van der Waals surface area contributed by atoms with E-state index >= 15 is 0 Å². The second-order valence-corrected chi connectivity index (χ2v) is 4.48. The summed E-state index contributed by atoms with van der Waals surface area (Å²) in [7, 11) is 0. The van der Waals surface area contributed by atoms with Gasteiger partial charge in [-0.1, -0.05) is 36.3 Å². The Hall–Kier alpha value is -3.00. The van der Waals surface area contributed by atoms with Crippen molar-refractivity contribution in [2.45, 2.75) is 13.0 Å². The van der Waals surface area contributed by atoms with Crippen molar-refractivity contribution in [3.8, 4) is 11.8 Å². The van der Waals surface area contributed by atoms with Crippen LogP contribution in [0.25, 0.3) is 0 Å². The summed E-state index contributed by atoms with van der Waals surface area (Å²) >= 11 is 0. The van der Waals surface area contributed by atoms with Gasteiger partial charge in [0.2, 0.25) is 0 Å². The van der Waals surface area contributed by atoms with Crippen LogP contribution in [0.15, 0.2) is 48.7 Å². The normalized spacial score (nSPS) is 9.45. The van der Waals surface area contributed by atoms with Gasteiger partial charge in [0.15, 0.2) is 0 Å². The average molecular weight is 295 g/mol. The molecule has 22 heavy (non-hydrogen) atoms. The van der Waals surface area contributed by atoms with Crippen LogP contribution in [-0.4, -0.2) is 17.6 Å². The minimum Gasteiger partial charge on any atom is -0.445 e. The Labute approximate surface area is 129 Å². The Bertz CT molecular complexity index is 675. The van der Waals surface area contributed by atoms with Crippen LogP contribution in [0.5, 0.6) is 0 Å². The quantitative estimate of drug-likeness (QED) is 0.670. The zero-order chi connectivity index (χ0) is 15.6. The van der Waals surface area contributed by atoms with Crippen molar-refractivity contribution < 1.29 is 9.53 Å². The third-order valence-corrected chi connectivity index (χ3v) is 2.78. The molecule has 0 aliphatic heterocycles. The fourth-order valence-electron chi connectivity index (χ4n) is 1.67. The molecule has 0 aliphatic carbocycles. The molecule has 0 aliphatic rings. The van der Waals surface area contributed by atoms with Gasteiger partial charge in [-0.05, 0) is 23.6 Å². The maximum absolute atomic E-state index is 11.5. The Morgan fingerprint density at radius 1 is 1.23 bits per heavy atom. The lowest BCUT2D eigenvalue weighted by molar-refractivity contribution is 0.140. The molecule has 0 atom stereocenters. The van der Waals surface area contributed by atoms with E-state index in [1.54, 1.807) is 18.3 Å². The highest BCUT2D eigenvalue weighted by molar-refractivity contribution is 5.67. The number of ether oxygens (including phenoxy) is 1. The molecule has 3 N–H and O–H groups in total. The number of anilines is 1. The van der Waals surface area contributed by atoms with Gasteiger partial charge in [-0.15, -0.1) is 0 Å². The Morgan fingerprint density at radius 3 is 2.82 bits per heavy atom. The van der Waals surface area contributed by atoms with Crippen molar-refractivity contribution in [2.24, 2.45) is 0 Å². The summed E-state index contributed by atoms with van der Waals surface area (Å²) in [6.07, 6.45) is 1.68. The molecule has 5 heteroatoms. The van der Waals surface area contributed by atoms with Crippen molar-refractivity contribution in [2.75, 3.05) is 12.3 Å². The largest absolute Gasteiger partial charge is 0.445 e. The number of hydrogen-bond acceptors (Lipinski definition) is 4. The van der Waals surface area contributed by atoms with E-state index in [0.717, 1.165) is 5.56 Å². The first-order valence-corrected chi connectivity index (χ1v) is 6.89. The molecule has 0 unspecified atom stereocenters. The number of carbonyl (C=O) groups is 1. The molecule has 0 fully saturated rings. The standard InChI is InChI=1S/C17H17N3O2/c18-15-9-6-12-19-16(15)10-4-5-11-20-17(21)22-13-14-7-2-1-3-8-14/h1-3,6-9,12H,5,11,13,18H2,(H,20,21). The predicted octanol–water partition coefficient (Wildman–Crippen LogP) is 2.33. The van der Waals surface area contributed by atoms with Crippen molar-refractivity contribution in [3.05, 3.63) is 59.9 Å².